The summed E-state index contributed by atoms with van der Waals surface area (Å²) < 4.78 is 5.67. The lowest BCUT2D eigenvalue weighted by Gasteiger charge is -2.23. The van der Waals surface area contributed by atoms with Crippen molar-refractivity contribution < 1.29 is 9.52 Å². The zero-order valence-corrected chi connectivity index (χ0v) is 8.68. The Morgan fingerprint density at radius 3 is 2.94 bits per heavy atom. The second-order valence-electron chi connectivity index (χ2n) is 3.97. The molecule has 1 saturated heterocycles. The van der Waals surface area contributed by atoms with Crippen molar-refractivity contribution >= 4 is 0 Å². The fourth-order valence-electron chi connectivity index (χ4n) is 1.73. The van der Waals surface area contributed by atoms with Crippen LogP contribution in [0.4, 0.5) is 0 Å². The molecule has 0 amide bonds. The number of phenols is 1. The first kappa shape index (κ1) is 9.42. The first-order valence-electron chi connectivity index (χ1n) is 5.29. The molecule has 1 aliphatic rings. The van der Waals surface area contributed by atoms with Gasteiger partial charge in [-0.3, -0.25) is 0 Å². The molecule has 4 nitrogen and oxygen atoms in total. The minimum absolute atomic E-state index is 0.237. The molecule has 1 fully saturated rings. The third-order valence-corrected chi connectivity index (χ3v) is 2.78. The van der Waals surface area contributed by atoms with Gasteiger partial charge in [-0.05, 0) is 12.1 Å². The molecule has 16 heavy (non-hydrogen) atoms. The Morgan fingerprint density at radius 2 is 2.25 bits per heavy atom. The van der Waals surface area contributed by atoms with E-state index in [1.54, 1.807) is 24.4 Å². The van der Waals surface area contributed by atoms with E-state index in [2.05, 4.69) is 10.3 Å². The zero-order chi connectivity index (χ0) is 11.0. The lowest BCUT2D eigenvalue weighted by atomic mass is 10.0. The SMILES string of the molecule is Oc1cccc(-c2cnc(C3CNC3)o2)c1. The second kappa shape index (κ2) is 3.64. The van der Waals surface area contributed by atoms with Crippen LogP contribution in [0.3, 0.4) is 0 Å². The van der Waals surface area contributed by atoms with Gasteiger partial charge >= 0.3 is 0 Å². The van der Waals surface area contributed by atoms with Gasteiger partial charge in [0, 0.05) is 18.7 Å². The lowest BCUT2D eigenvalue weighted by Crippen LogP contribution is -2.40. The first-order chi connectivity index (χ1) is 7.83. The molecule has 2 heterocycles. The summed E-state index contributed by atoms with van der Waals surface area (Å²) in [4.78, 5) is 4.26. The Kier molecular flexibility index (Phi) is 2.15. The number of oxazole rings is 1. The Bertz CT molecular complexity index is 503. The minimum Gasteiger partial charge on any atom is -0.508 e. The van der Waals surface area contributed by atoms with Gasteiger partial charge in [-0.15, -0.1) is 0 Å². The highest BCUT2D eigenvalue weighted by Gasteiger charge is 2.23. The quantitative estimate of drug-likeness (QED) is 0.802. The molecule has 4 heteroatoms. The normalized spacial score (nSPS) is 16.0. The molecule has 1 aromatic heterocycles. The highest BCUT2D eigenvalue weighted by Crippen LogP contribution is 2.27. The maximum Gasteiger partial charge on any atom is 0.200 e. The van der Waals surface area contributed by atoms with Crippen LogP contribution in [0.5, 0.6) is 5.75 Å². The van der Waals surface area contributed by atoms with Crippen LogP contribution in [0, 0.1) is 0 Å². The van der Waals surface area contributed by atoms with Gasteiger partial charge in [-0.1, -0.05) is 12.1 Å². The molecular weight excluding hydrogens is 204 g/mol. The molecule has 0 spiro atoms. The third-order valence-electron chi connectivity index (χ3n) is 2.78. The summed E-state index contributed by atoms with van der Waals surface area (Å²) >= 11 is 0. The molecule has 2 aromatic rings. The molecular formula is C12H12N2O2. The number of hydrogen-bond acceptors (Lipinski definition) is 4. The summed E-state index contributed by atoms with van der Waals surface area (Å²) in [5, 5.41) is 12.6. The molecule has 2 N–H and O–H groups in total. The largest absolute Gasteiger partial charge is 0.508 e. The van der Waals surface area contributed by atoms with Gasteiger partial charge in [0.1, 0.15) is 5.75 Å². The van der Waals surface area contributed by atoms with Crippen molar-refractivity contribution in [2.45, 2.75) is 5.92 Å². The predicted molar refractivity (Wildman–Crippen MR) is 59.2 cm³/mol. The zero-order valence-electron chi connectivity index (χ0n) is 8.68. The summed E-state index contributed by atoms with van der Waals surface area (Å²) in [6, 6.07) is 6.99. The highest BCUT2D eigenvalue weighted by molar-refractivity contribution is 5.58. The van der Waals surface area contributed by atoms with Gasteiger partial charge in [-0.2, -0.15) is 0 Å². The van der Waals surface area contributed by atoms with Gasteiger partial charge in [0.15, 0.2) is 5.76 Å². The average Bonchev–Trinajstić information content (AvgIpc) is 2.64. The van der Waals surface area contributed by atoms with Crippen LogP contribution in [-0.2, 0) is 0 Å². The molecule has 1 aliphatic heterocycles. The average molecular weight is 216 g/mol. The number of benzene rings is 1. The first-order valence-corrected chi connectivity index (χ1v) is 5.29. The van der Waals surface area contributed by atoms with Crippen molar-refractivity contribution in [2.75, 3.05) is 13.1 Å². The van der Waals surface area contributed by atoms with E-state index in [-0.39, 0.29) is 5.75 Å². The van der Waals surface area contributed by atoms with Gasteiger partial charge in [0.05, 0.1) is 12.1 Å². The molecule has 0 radical (unpaired) electrons. The van der Waals surface area contributed by atoms with Crippen molar-refractivity contribution in [1.29, 1.82) is 0 Å². The van der Waals surface area contributed by atoms with E-state index in [9.17, 15) is 5.11 Å². The number of nitrogens with one attached hydrogen (secondary N) is 1. The molecule has 0 unspecified atom stereocenters. The van der Waals surface area contributed by atoms with Gasteiger partial charge in [-0.25, -0.2) is 4.98 Å². The van der Waals surface area contributed by atoms with Crippen LogP contribution in [0.1, 0.15) is 11.8 Å². The van der Waals surface area contributed by atoms with Crippen molar-refractivity contribution in [1.82, 2.24) is 10.3 Å². The summed E-state index contributed by atoms with van der Waals surface area (Å²) in [6.07, 6.45) is 1.71. The fourth-order valence-corrected chi connectivity index (χ4v) is 1.73. The van der Waals surface area contributed by atoms with Crippen LogP contribution in [0.25, 0.3) is 11.3 Å². The number of rotatable bonds is 2. The Labute approximate surface area is 92.9 Å². The maximum absolute atomic E-state index is 9.38. The summed E-state index contributed by atoms with van der Waals surface area (Å²) in [7, 11) is 0. The summed E-state index contributed by atoms with van der Waals surface area (Å²) in [6.45, 7) is 1.86. The van der Waals surface area contributed by atoms with Crippen LogP contribution < -0.4 is 5.32 Å². The van der Waals surface area contributed by atoms with E-state index in [0.29, 0.717) is 11.7 Å². The van der Waals surface area contributed by atoms with Crippen LogP contribution >= 0.6 is 0 Å². The van der Waals surface area contributed by atoms with Crippen molar-refractivity contribution in [3.63, 3.8) is 0 Å². The monoisotopic (exact) mass is 216 g/mol. The fraction of sp³-hybridized carbons (Fsp3) is 0.250. The topological polar surface area (TPSA) is 58.3 Å². The molecule has 0 bridgehead atoms. The van der Waals surface area contributed by atoms with Gasteiger partial charge in [0.2, 0.25) is 5.89 Å². The van der Waals surface area contributed by atoms with E-state index < -0.39 is 0 Å². The van der Waals surface area contributed by atoms with E-state index in [1.807, 2.05) is 6.07 Å². The van der Waals surface area contributed by atoms with Crippen LogP contribution in [0.15, 0.2) is 34.9 Å². The third kappa shape index (κ3) is 1.57. The van der Waals surface area contributed by atoms with Crippen LogP contribution in [-0.4, -0.2) is 23.2 Å². The smallest absolute Gasteiger partial charge is 0.200 e. The number of hydrogen-bond donors (Lipinski definition) is 2. The standard InChI is InChI=1S/C12H12N2O2/c15-10-3-1-2-8(4-10)11-7-14-12(16-11)9-5-13-6-9/h1-4,7,9,13,15H,5-6H2. The van der Waals surface area contributed by atoms with Gasteiger partial charge in [0.25, 0.3) is 0 Å². The summed E-state index contributed by atoms with van der Waals surface area (Å²) in [5.74, 6) is 2.11. The lowest BCUT2D eigenvalue weighted by molar-refractivity contribution is 0.361. The van der Waals surface area contributed by atoms with E-state index >= 15 is 0 Å². The van der Waals surface area contributed by atoms with E-state index in [4.69, 9.17) is 4.42 Å². The number of aromatic nitrogens is 1. The molecule has 1 aromatic carbocycles. The number of aromatic hydroxyl groups is 1. The van der Waals surface area contributed by atoms with Crippen molar-refractivity contribution in [3.05, 3.63) is 36.4 Å². The maximum atomic E-state index is 9.38. The van der Waals surface area contributed by atoms with Crippen LogP contribution in [0.2, 0.25) is 0 Å². The second-order valence-corrected chi connectivity index (χ2v) is 3.97. The van der Waals surface area contributed by atoms with Gasteiger partial charge < -0.3 is 14.8 Å². The predicted octanol–water partition coefficient (Wildman–Crippen LogP) is 1.73. The molecule has 82 valence electrons. The Morgan fingerprint density at radius 1 is 1.38 bits per heavy atom. The minimum atomic E-state index is 0.237. The van der Waals surface area contributed by atoms with Crippen molar-refractivity contribution in [2.24, 2.45) is 0 Å². The van der Waals surface area contributed by atoms with Crippen molar-refractivity contribution in [3.8, 4) is 17.1 Å². The Hall–Kier alpha value is -1.81. The highest BCUT2D eigenvalue weighted by atomic mass is 16.4. The molecule has 3 rings (SSSR count). The molecule has 0 atom stereocenters. The van der Waals surface area contributed by atoms with E-state index in [0.717, 1.165) is 24.5 Å². The van der Waals surface area contributed by atoms with E-state index in [1.165, 1.54) is 0 Å². The Balaban J connectivity index is 1.91. The molecule has 0 aliphatic carbocycles. The number of phenolic OH excluding ortho intramolecular Hbond substituents is 1. The summed E-state index contributed by atoms with van der Waals surface area (Å²) in [5.41, 5.74) is 0.853. The molecule has 0 saturated carbocycles. The number of nitrogens with zero attached hydrogens (tertiary/aromatic N) is 1.